The van der Waals surface area contributed by atoms with Gasteiger partial charge >= 0.3 is 12.1 Å². The number of carbonyl (C=O) groups is 1. The average molecular weight is 439 g/mol. The molecule has 1 aromatic carbocycles. The summed E-state index contributed by atoms with van der Waals surface area (Å²) >= 11 is 5.89. The normalized spacial score (nSPS) is 15.7. The Labute approximate surface area is 168 Å². The van der Waals surface area contributed by atoms with Crippen LogP contribution in [0.25, 0.3) is 0 Å². The summed E-state index contributed by atoms with van der Waals surface area (Å²) in [5.41, 5.74) is 1.49. The maximum Gasteiger partial charge on any atom is 0.490 e. The van der Waals surface area contributed by atoms with Crippen LogP contribution in [0.15, 0.2) is 24.4 Å². The molecule has 0 saturated carbocycles. The van der Waals surface area contributed by atoms with Crippen LogP contribution in [-0.4, -0.2) is 55.3 Å². The highest BCUT2D eigenvalue weighted by atomic mass is 35.5. The molecule has 1 saturated heterocycles. The van der Waals surface area contributed by atoms with Crippen LogP contribution in [0, 0.1) is 5.82 Å². The molecule has 0 amide bonds. The van der Waals surface area contributed by atoms with Gasteiger partial charge in [0.25, 0.3) is 0 Å². The van der Waals surface area contributed by atoms with Crippen molar-refractivity contribution in [2.75, 3.05) is 13.1 Å². The minimum atomic E-state index is -5.08. The summed E-state index contributed by atoms with van der Waals surface area (Å²) in [6, 6.07) is 4.96. The molecule has 1 aromatic heterocycles. The zero-order valence-corrected chi connectivity index (χ0v) is 15.9. The van der Waals surface area contributed by atoms with Crippen LogP contribution in [-0.2, 0) is 17.9 Å². The van der Waals surface area contributed by atoms with E-state index in [9.17, 15) is 17.6 Å². The van der Waals surface area contributed by atoms with E-state index in [1.54, 1.807) is 6.20 Å². The lowest BCUT2D eigenvalue weighted by atomic mass is 10.0. The van der Waals surface area contributed by atoms with Crippen molar-refractivity contribution in [1.29, 1.82) is 0 Å². The van der Waals surface area contributed by atoms with E-state index in [1.807, 2.05) is 10.7 Å². The second kappa shape index (κ2) is 9.99. The molecular weight excluding hydrogens is 420 g/mol. The number of alkyl halides is 3. The molecule has 0 unspecified atom stereocenters. The first-order chi connectivity index (χ1) is 13.6. The number of nitrogens with zero attached hydrogens (tertiary/aromatic N) is 4. The molecule has 7 nitrogen and oxygen atoms in total. The summed E-state index contributed by atoms with van der Waals surface area (Å²) in [5, 5.41) is 24.6. The fourth-order valence-corrected chi connectivity index (χ4v) is 3.11. The van der Waals surface area contributed by atoms with E-state index in [4.69, 9.17) is 26.6 Å². The fraction of sp³-hybridized carbons (Fsp3) is 0.471. The minimum Gasteiger partial charge on any atom is -0.475 e. The first kappa shape index (κ1) is 23.0. The molecule has 1 aliphatic heterocycles. The SMILES string of the molecule is O=C(O)C(F)(F)F.OCc1cn(C2CCN(Cc3cc(F)cc(Cl)c3)CC2)nn1. The van der Waals surface area contributed by atoms with Gasteiger partial charge in [-0.1, -0.05) is 16.8 Å². The lowest BCUT2D eigenvalue weighted by molar-refractivity contribution is -0.192. The van der Waals surface area contributed by atoms with Crippen LogP contribution in [0.5, 0.6) is 0 Å². The second-order valence-electron chi connectivity index (χ2n) is 6.44. The smallest absolute Gasteiger partial charge is 0.475 e. The molecule has 0 atom stereocenters. The number of carboxylic acid groups (broad SMARTS) is 1. The number of halogens is 5. The number of rotatable bonds is 4. The van der Waals surface area contributed by atoms with Gasteiger partial charge in [-0.2, -0.15) is 13.2 Å². The highest BCUT2D eigenvalue weighted by Gasteiger charge is 2.38. The zero-order chi connectivity index (χ0) is 21.6. The summed E-state index contributed by atoms with van der Waals surface area (Å²) in [7, 11) is 0. The van der Waals surface area contributed by atoms with Crippen molar-refractivity contribution in [2.24, 2.45) is 0 Å². The number of likely N-dealkylation sites (tertiary alicyclic amines) is 1. The van der Waals surface area contributed by atoms with Crippen LogP contribution in [0.2, 0.25) is 5.02 Å². The van der Waals surface area contributed by atoms with Crippen LogP contribution >= 0.6 is 11.6 Å². The molecular formula is C17H19ClF4N4O3. The number of benzene rings is 1. The van der Waals surface area contributed by atoms with E-state index in [-0.39, 0.29) is 12.4 Å². The van der Waals surface area contributed by atoms with Gasteiger partial charge < -0.3 is 10.2 Å². The van der Waals surface area contributed by atoms with Crippen molar-refractivity contribution in [3.8, 4) is 0 Å². The molecule has 160 valence electrons. The van der Waals surface area contributed by atoms with Crippen molar-refractivity contribution in [3.63, 3.8) is 0 Å². The van der Waals surface area contributed by atoms with Crippen LogP contribution in [0.4, 0.5) is 17.6 Å². The Morgan fingerprint density at radius 2 is 1.86 bits per heavy atom. The molecule has 2 heterocycles. The van der Waals surface area contributed by atoms with E-state index in [0.717, 1.165) is 31.5 Å². The third kappa shape index (κ3) is 7.26. The van der Waals surface area contributed by atoms with E-state index < -0.39 is 12.1 Å². The Kier molecular flexibility index (Phi) is 7.94. The number of aliphatic carboxylic acids is 1. The quantitative estimate of drug-likeness (QED) is 0.713. The van der Waals surface area contributed by atoms with Gasteiger partial charge in [0.2, 0.25) is 0 Å². The van der Waals surface area contributed by atoms with Gasteiger partial charge in [0, 0.05) is 24.7 Å². The third-order valence-electron chi connectivity index (χ3n) is 4.22. The van der Waals surface area contributed by atoms with Crippen molar-refractivity contribution in [1.82, 2.24) is 19.9 Å². The van der Waals surface area contributed by atoms with Crippen molar-refractivity contribution in [3.05, 3.63) is 46.5 Å². The first-order valence-electron chi connectivity index (χ1n) is 8.57. The maximum atomic E-state index is 13.4. The maximum absolute atomic E-state index is 13.4. The molecule has 0 bridgehead atoms. The largest absolute Gasteiger partial charge is 0.490 e. The minimum absolute atomic E-state index is 0.0842. The lowest BCUT2D eigenvalue weighted by Crippen LogP contribution is -2.34. The first-order valence-corrected chi connectivity index (χ1v) is 8.95. The van der Waals surface area contributed by atoms with Gasteiger partial charge in [-0.05, 0) is 36.6 Å². The summed E-state index contributed by atoms with van der Waals surface area (Å²) in [6.45, 7) is 2.43. The number of piperidine rings is 1. The van der Waals surface area contributed by atoms with Gasteiger partial charge in [-0.25, -0.2) is 13.9 Å². The number of carboxylic acids is 1. The van der Waals surface area contributed by atoms with Gasteiger partial charge in [-0.15, -0.1) is 5.10 Å². The highest BCUT2D eigenvalue weighted by molar-refractivity contribution is 6.30. The Morgan fingerprint density at radius 3 is 2.34 bits per heavy atom. The Morgan fingerprint density at radius 1 is 1.24 bits per heavy atom. The Hall–Kier alpha value is -2.24. The monoisotopic (exact) mass is 438 g/mol. The topological polar surface area (TPSA) is 91.5 Å². The number of aliphatic hydroxyl groups excluding tert-OH is 1. The molecule has 0 aliphatic carbocycles. The zero-order valence-electron chi connectivity index (χ0n) is 15.1. The molecule has 0 spiro atoms. The average Bonchev–Trinajstić information content (AvgIpc) is 3.10. The van der Waals surface area contributed by atoms with Gasteiger partial charge in [0.1, 0.15) is 11.5 Å². The van der Waals surface area contributed by atoms with E-state index in [1.165, 1.54) is 12.1 Å². The molecule has 0 radical (unpaired) electrons. The Balaban J connectivity index is 0.000000370. The summed E-state index contributed by atoms with van der Waals surface area (Å²) in [4.78, 5) is 11.2. The Bertz CT molecular complexity index is 803. The summed E-state index contributed by atoms with van der Waals surface area (Å²) in [6.07, 6.45) is -1.37. The highest BCUT2D eigenvalue weighted by Crippen LogP contribution is 2.24. The van der Waals surface area contributed by atoms with Crippen LogP contribution in [0.1, 0.15) is 30.1 Å². The third-order valence-corrected chi connectivity index (χ3v) is 4.44. The number of hydrogen-bond donors (Lipinski definition) is 2. The molecule has 3 rings (SSSR count). The fourth-order valence-electron chi connectivity index (χ4n) is 2.87. The predicted molar refractivity (Wildman–Crippen MR) is 94.6 cm³/mol. The second-order valence-corrected chi connectivity index (χ2v) is 6.87. The molecule has 1 fully saturated rings. The molecule has 2 N–H and O–H groups in total. The number of hydrogen-bond acceptors (Lipinski definition) is 5. The van der Waals surface area contributed by atoms with Crippen molar-refractivity contribution < 1.29 is 32.6 Å². The van der Waals surface area contributed by atoms with E-state index >= 15 is 0 Å². The van der Waals surface area contributed by atoms with Gasteiger partial charge in [-0.3, -0.25) is 4.90 Å². The van der Waals surface area contributed by atoms with Gasteiger partial charge in [0.15, 0.2) is 0 Å². The summed E-state index contributed by atoms with van der Waals surface area (Å²) in [5.74, 6) is -3.05. The van der Waals surface area contributed by atoms with Crippen LogP contribution in [0.3, 0.4) is 0 Å². The van der Waals surface area contributed by atoms with Crippen molar-refractivity contribution in [2.45, 2.75) is 38.2 Å². The molecule has 2 aromatic rings. The van der Waals surface area contributed by atoms with Gasteiger partial charge in [0.05, 0.1) is 18.8 Å². The molecule has 12 heteroatoms. The predicted octanol–water partition coefficient (Wildman–Crippen LogP) is 3.03. The number of aliphatic hydroxyl groups is 1. The molecule has 29 heavy (non-hydrogen) atoms. The lowest BCUT2D eigenvalue weighted by Gasteiger charge is -2.31. The number of aromatic nitrogens is 3. The standard InChI is InChI=1S/C15H18ClFN4O.C2HF3O2/c16-12-5-11(6-13(17)7-12)8-20-3-1-15(2-4-20)21-9-14(10-22)18-19-21;3-2(4,5)1(6)7/h5-7,9,15,22H,1-4,8,10H2;(H,6,7). The van der Waals surface area contributed by atoms with Crippen molar-refractivity contribution >= 4 is 17.6 Å². The van der Waals surface area contributed by atoms with Crippen LogP contribution < -0.4 is 0 Å². The van der Waals surface area contributed by atoms with E-state index in [0.29, 0.717) is 23.3 Å². The molecule has 1 aliphatic rings. The summed E-state index contributed by atoms with van der Waals surface area (Å²) < 4.78 is 46.9. The van der Waals surface area contributed by atoms with E-state index in [2.05, 4.69) is 15.2 Å².